The highest BCUT2D eigenvalue weighted by atomic mass is 19.1. The molecule has 10 nitrogen and oxygen atoms in total. The molecule has 2 N–H and O–H groups in total. The third-order valence-corrected chi connectivity index (χ3v) is 6.02. The largest absolute Gasteiger partial charge is 0.460 e. The molecule has 1 atom stereocenters. The van der Waals surface area contributed by atoms with E-state index in [4.69, 9.17) is 15.2 Å². The maximum atomic E-state index is 15.1. The minimum atomic E-state index is -1.03. The van der Waals surface area contributed by atoms with Gasteiger partial charge in [0.15, 0.2) is 0 Å². The Morgan fingerprint density at radius 2 is 1.59 bits per heavy atom. The maximum absolute atomic E-state index is 15.1. The van der Waals surface area contributed by atoms with Gasteiger partial charge in [0.05, 0.1) is 5.69 Å². The summed E-state index contributed by atoms with van der Waals surface area (Å²) in [7, 11) is 0. The Hall–Kier alpha value is -3.37. The van der Waals surface area contributed by atoms with Crippen LogP contribution in [0.3, 0.4) is 0 Å². The summed E-state index contributed by atoms with van der Waals surface area (Å²) in [6.45, 7) is 12.2. The number of hydrogen-bond donors (Lipinski definition) is 1. The average molecular weight is 521 g/mol. The van der Waals surface area contributed by atoms with Crippen molar-refractivity contribution in [2.24, 2.45) is 5.73 Å². The Morgan fingerprint density at radius 1 is 1.00 bits per heavy atom. The van der Waals surface area contributed by atoms with Crippen molar-refractivity contribution in [2.45, 2.75) is 78.2 Å². The van der Waals surface area contributed by atoms with E-state index in [-0.39, 0.29) is 24.9 Å². The zero-order chi connectivity index (χ0) is 27.7. The van der Waals surface area contributed by atoms with Crippen molar-refractivity contribution in [3.8, 4) is 0 Å². The second kappa shape index (κ2) is 10.5. The Kier molecular flexibility index (Phi) is 8.04. The molecular formula is C26H37FN4O6. The number of nitrogens with zero attached hydrogens (tertiary/aromatic N) is 3. The van der Waals surface area contributed by atoms with Gasteiger partial charge < -0.3 is 29.9 Å². The number of rotatable bonds is 6. The van der Waals surface area contributed by atoms with E-state index < -0.39 is 46.9 Å². The highest BCUT2D eigenvalue weighted by molar-refractivity contribution is 6.01. The SMILES string of the molecule is CC(C)(C)OC(=O)CC[C@@H](C(N)=O)N1Cc2cc(N3CCN(C(=O)OC(C)(C)C)CC3)c(F)cc2C1=O. The van der Waals surface area contributed by atoms with Gasteiger partial charge in [0.1, 0.15) is 23.1 Å². The van der Waals surface area contributed by atoms with E-state index >= 15 is 4.39 Å². The molecule has 3 rings (SSSR count). The zero-order valence-corrected chi connectivity index (χ0v) is 22.4. The van der Waals surface area contributed by atoms with Crippen molar-refractivity contribution in [1.82, 2.24) is 9.80 Å². The van der Waals surface area contributed by atoms with Gasteiger partial charge in [-0.05, 0) is 65.7 Å². The summed E-state index contributed by atoms with van der Waals surface area (Å²) in [4.78, 5) is 54.4. The first-order chi connectivity index (χ1) is 17.1. The fraction of sp³-hybridized carbons (Fsp3) is 0.615. The number of esters is 1. The van der Waals surface area contributed by atoms with Crippen LogP contribution in [-0.4, -0.2) is 77.1 Å². The summed E-state index contributed by atoms with van der Waals surface area (Å²) in [5, 5.41) is 0. The van der Waals surface area contributed by atoms with E-state index in [1.807, 2.05) is 4.90 Å². The van der Waals surface area contributed by atoms with E-state index in [0.29, 0.717) is 37.4 Å². The number of primary amides is 1. The van der Waals surface area contributed by atoms with Crippen LogP contribution in [0.4, 0.5) is 14.9 Å². The van der Waals surface area contributed by atoms with Crippen LogP contribution in [0.2, 0.25) is 0 Å². The second-order valence-corrected chi connectivity index (χ2v) is 11.4. The lowest BCUT2D eigenvalue weighted by molar-refractivity contribution is -0.155. The topological polar surface area (TPSA) is 122 Å². The molecular weight excluding hydrogens is 483 g/mol. The fourth-order valence-corrected chi connectivity index (χ4v) is 4.39. The Morgan fingerprint density at radius 3 is 2.14 bits per heavy atom. The Labute approximate surface area is 216 Å². The first-order valence-corrected chi connectivity index (χ1v) is 12.4. The Balaban J connectivity index is 1.69. The van der Waals surface area contributed by atoms with Crippen molar-refractivity contribution in [3.63, 3.8) is 0 Å². The predicted octanol–water partition coefficient (Wildman–Crippen LogP) is 2.81. The molecule has 0 bridgehead atoms. The standard InChI is InChI=1S/C26H37FN4O6/c1-25(2,3)36-21(32)8-7-19(22(28)33)31-15-16-13-20(18(27)14-17(16)23(31)34)29-9-11-30(12-10-29)24(35)37-26(4,5)6/h13-14,19H,7-12,15H2,1-6H3,(H2,28,33)/t19-/m0/s1. The van der Waals surface area contributed by atoms with Gasteiger partial charge in [-0.2, -0.15) is 0 Å². The molecule has 1 fully saturated rings. The number of piperazine rings is 1. The smallest absolute Gasteiger partial charge is 0.410 e. The number of carbonyl (C=O) groups is 4. The molecule has 0 aromatic heterocycles. The second-order valence-electron chi connectivity index (χ2n) is 11.4. The number of anilines is 1. The van der Waals surface area contributed by atoms with Crippen LogP contribution in [0, 0.1) is 5.82 Å². The van der Waals surface area contributed by atoms with E-state index in [1.165, 1.54) is 11.0 Å². The molecule has 0 unspecified atom stereocenters. The van der Waals surface area contributed by atoms with Crippen LogP contribution >= 0.6 is 0 Å². The minimum Gasteiger partial charge on any atom is -0.460 e. The molecule has 2 aliphatic rings. The van der Waals surface area contributed by atoms with E-state index in [2.05, 4.69) is 0 Å². The molecule has 11 heteroatoms. The highest BCUT2D eigenvalue weighted by Gasteiger charge is 2.37. The highest BCUT2D eigenvalue weighted by Crippen LogP contribution is 2.32. The molecule has 204 valence electrons. The molecule has 0 aliphatic carbocycles. The number of fused-ring (bicyclic) bond motifs is 1. The van der Waals surface area contributed by atoms with Crippen LogP contribution in [0.1, 0.15) is 70.3 Å². The van der Waals surface area contributed by atoms with Crippen molar-refractivity contribution >= 4 is 29.6 Å². The molecule has 1 saturated heterocycles. The van der Waals surface area contributed by atoms with Crippen LogP contribution in [-0.2, 0) is 25.6 Å². The molecule has 0 radical (unpaired) electrons. The predicted molar refractivity (Wildman–Crippen MR) is 134 cm³/mol. The molecule has 1 aromatic rings. The molecule has 0 saturated carbocycles. The molecule has 0 spiro atoms. The minimum absolute atomic E-state index is 0.00589. The van der Waals surface area contributed by atoms with E-state index in [1.54, 1.807) is 52.5 Å². The van der Waals surface area contributed by atoms with Crippen LogP contribution in [0.5, 0.6) is 0 Å². The number of ether oxygens (including phenoxy) is 2. The summed E-state index contributed by atoms with van der Waals surface area (Å²) in [6, 6.07) is 1.76. The third kappa shape index (κ3) is 7.11. The monoisotopic (exact) mass is 520 g/mol. The third-order valence-electron chi connectivity index (χ3n) is 6.02. The fourth-order valence-electron chi connectivity index (χ4n) is 4.39. The zero-order valence-electron chi connectivity index (χ0n) is 22.4. The van der Waals surface area contributed by atoms with E-state index in [0.717, 1.165) is 0 Å². The van der Waals surface area contributed by atoms with Gasteiger partial charge >= 0.3 is 12.1 Å². The summed E-state index contributed by atoms with van der Waals surface area (Å²) < 4.78 is 25.8. The van der Waals surface area contributed by atoms with Crippen LogP contribution in [0.25, 0.3) is 0 Å². The lowest BCUT2D eigenvalue weighted by Gasteiger charge is -2.37. The van der Waals surface area contributed by atoms with Crippen molar-refractivity contribution < 1.29 is 33.0 Å². The van der Waals surface area contributed by atoms with Gasteiger partial charge in [0.25, 0.3) is 5.91 Å². The average Bonchev–Trinajstić information content (AvgIpc) is 3.06. The number of halogens is 1. The summed E-state index contributed by atoms with van der Waals surface area (Å²) in [6.07, 6.45) is -0.495. The number of nitrogens with two attached hydrogens (primary N) is 1. The first-order valence-electron chi connectivity index (χ1n) is 12.4. The molecule has 1 aromatic carbocycles. The van der Waals surface area contributed by atoms with Gasteiger partial charge in [-0.15, -0.1) is 0 Å². The quantitative estimate of drug-likeness (QED) is 0.572. The van der Waals surface area contributed by atoms with Gasteiger partial charge in [-0.3, -0.25) is 14.4 Å². The molecule has 2 aliphatic heterocycles. The normalized spacial score (nSPS) is 16.9. The number of amides is 3. The maximum Gasteiger partial charge on any atom is 0.410 e. The molecule has 3 amide bonds. The summed E-state index contributed by atoms with van der Waals surface area (Å²) in [5.41, 5.74) is 5.35. The van der Waals surface area contributed by atoms with Gasteiger partial charge in [0.2, 0.25) is 5.91 Å². The summed E-state index contributed by atoms with van der Waals surface area (Å²) >= 11 is 0. The van der Waals surface area contributed by atoms with Gasteiger partial charge in [-0.25, -0.2) is 9.18 Å². The van der Waals surface area contributed by atoms with Crippen molar-refractivity contribution in [3.05, 3.63) is 29.1 Å². The lowest BCUT2D eigenvalue weighted by Crippen LogP contribution is -2.50. The molecule has 2 heterocycles. The number of hydrogen-bond acceptors (Lipinski definition) is 7. The van der Waals surface area contributed by atoms with Gasteiger partial charge in [0, 0.05) is 44.7 Å². The Bertz CT molecular complexity index is 1070. The van der Waals surface area contributed by atoms with Crippen LogP contribution < -0.4 is 10.6 Å². The van der Waals surface area contributed by atoms with Crippen molar-refractivity contribution in [1.29, 1.82) is 0 Å². The number of benzene rings is 1. The van der Waals surface area contributed by atoms with E-state index in [9.17, 15) is 19.2 Å². The lowest BCUT2D eigenvalue weighted by atomic mass is 10.1. The molecule has 37 heavy (non-hydrogen) atoms. The summed E-state index contributed by atoms with van der Waals surface area (Å²) in [5.74, 6) is -2.32. The van der Waals surface area contributed by atoms with Gasteiger partial charge in [-0.1, -0.05) is 0 Å². The number of carbonyl (C=O) groups excluding carboxylic acids is 4. The first kappa shape index (κ1) is 28.2. The van der Waals surface area contributed by atoms with Crippen LogP contribution in [0.15, 0.2) is 12.1 Å². The van der Waals surface area contributed by atoms with Crippen molar-refractivity contribution in [2.75, 3.05) is 31.1 Å².